The first-order valence-electron chi connectivity index (χ1n) is 19.6. The Balaban J connectivity index is 1.19. The van der Waals surface area contributed by atoms with Gasteiger partial charge in [-0.05, 0) is 92.5 Å². The lowest BCUT2D eigenvalue weighted by atomic mass is 9.67. The summed E-state index contributed by atoms with van der Waals surface area (Å²) in [5.74, 6) is 0. The molecule has 2 heteroatoms. The molecule has 57 heavy (non-hydrogen) atoms. The zero-order valence-electron chi connectivity index (χ0n) is 31.2. The topological polar surface area (TPSA) is 16.4 Å². The SMILES string of the molecule is c1ccc(-c2ccc(N(c3cccc(C4(c5ccccc5)c5ccccc5-c5ccccc54)c3)c3ccc(-c4ccccc4)c4oc5ccccc5c34)cc2)cc1. The molecule has 0 N–H and O–H groups in total. The third-order valence-electron chi connectivity index (χ3n) is 11.8. The molecule has 0 spiro atoms. The van der Waals surface area contributed by atoms with Gasteiger partial charge in [0.05, 0.1) is 16.5 Å². The van der Waals surface area contributed by atoms with Crippen molar-refractivity contribution in [3.63, 3.8) is 0 Å². The van der Waals surface area contributed by atoms with Gasteiger partial charge in [-0.3, -0.25) is 0 Å². The molecule has 1 heterocycles. The largest absolute Gasteiger partial charge is 0.455 e. The number of para-hydroxylation sites is 1. The summed E-state index contributed by atoms with van der Waals surface area (Å²) in [5.41, 5.74) is 16.6. The van der Waals surface area contributed by atoms with Crippen LogP contribution >= 0.6 is 0 Å². The van der Waals surface area contributed by atoms with Crippen LogP contribution in [0, 0.1) is 0 Å². The van der Waals surface area contributed by atoms with Gasteiger partial charge in [0.2, 0.25) is 0 Å². The lowest BCUT2D eigenvalue weighted by Crippen LogP contribution is -2.28. The zero-order chi connectivity index (χ0) is 37.8. The Morgan fingerprint density at radius 3 is 1.63 bits per heavy atom. The van der Waals surface area contributed by atoms with Gasteiger partial charge < -0.3 is 9.32 Å². The van der Waals surface area contributed by atoms with Crippen LogP contribution in [0.15, 0.2) is 229 Å². The Morgan fingerprint density at radius 1 is 0.368 bits per heavy atom. The van der Waals surface area contributed by atoms with Crippen LogP contribution in [0.3, 0.4) is 0 Å². The van der Waals surface area contributed by atoms with Gasteiger partial charge >= 0.3 is 0 Å². The van der Waals surface area contributed by atoms with Crippen molar-refractivity contribution in [2.75, 3.05) is 4.90 Å². The molecule has 0 radical (unpaired) electrons. The molecule has 0 amide bonds. The molecule has 1 aliphatic rings. The molecule has 1 aromatic heterocycles. The zero-order valence-corrected chi connectivity index (χ0v) is 31.2. The van der Waals surface area contributed by atoms with Gasteiger partial charge in [0.15, 0.2) is 0 Å². The Bertz CT molecular complexity index is 3010. The Labute approximate surface area is 332 Å². The van der Waals surface area contributed by atoms with Crippen LogP contribution in [0.2, 0.25) is 0 Å². The summed E-state index contributed by atoms with van der Waals surface area (Å²) in [6, 6.07) is 81.1. The highest BCUT2D eigenvalue weighted by atomic mass is 16.3. The lowest BCUT2D eigenvalue weighted by molar-refractivity contribution is 0.670. The maximum absolute atomic E-state index is 6.81. The molecule has 0 aliphatic heterocycles. The number of rotatable bonds is 7. The van der Waals surface area contributed by atoms with Crippen LogP contribution in [0.5, 0.6) is 0 Å². The molecule has 0 saturated carbocycles. The molecule has 0 saturated heterocycles. The molecule has 0 atom stereocenters. The van der Waals surface area contributed by atoms with Crippen molar-refractivity contribution < 1.29 is 4.42 Å². The summed E-state index contributed by atoms with van der Waals surface area (Å²) in [6.07, 6.45) is 0. The quantitative estimate of drug-likeness (QED) is 0.163. The maximum atomic E-state index is 6.81. The van der Waals surface area contributed by atoms with Crippen LogP contribution in [0.4, 0.5) is 17.1 Å². The van der Waals surface area contributed by atoms with Crippen LogP contribution < -0.4 is 4.90 Å². The van der Waals surface area contributed by atoms with Crippen molar-refractivity contribution in [2.45, 2.75) is 5.41 Å². The smallest absolute Gasteiger partial charge is 0.145 e. The number of hydrogen-bond acceptors (Lipinski definition) is 2. The van der Waals surface area contributed by atoms with Gasteiger partial charge in [-0.15, -0.1) is 0 Å². The fourth-order valence-electron chi connectivity index (χ4n) is 9.29. The molecule has 9 aromatic carbocycles. The van der Waals surface area contributed by atoms with Crippen LogP contribution in [-0.4, -0.2) is 0 Å². The van der Waals surface area contributed by atoms with E-state index in [-0.39, 0.29) is 0 Å². The van der Waals surface area contributed by atoms with Crippen molar-refractivity contribution in [3.05, 3.63) is 247 Å². The molecule has 11 rings (SSSR count). The Hall–Kier alpha value is -7.42. The minimum absolute atomic E-state index is 0.526. The Kier molecular flexibility index (Phi) is 7.75. The molecule has 268 valence electrons. The average Bonchev–Trinajstić information content (AvgIpc) is 3.83. The van der Waals surface area contributed by atoms with Crippen LogP contribution in [0.1, 0.15) is 22.3 Å². The van der Waals surface area contributed by atoms with E-state index in [9.17, 15) is 0 Å². The fraction of sp³-hybridized carbons (Fsp3) is 0.0182. The van der Waals surface area contributed by atoms with Crippen molar-refractivity contribution in [3.8, 4) is 33.4 Å². The fourth-order valence-corrected chi connectivity index (χ4v) is 9.29. The Morgan fingerprint density at radius 2 is 0.930 bits per heavy atom. The first kappa shape index (κ1) is 33.0. The highest BCUT2D eigenvalue weighted by Crippen LogP contribution is 2.57. The highest BCUT2D eigenvalue weighted by molar-refractivity contribution is 6.17. The normalized spacial score (nSPS) is 12.7. The average molecular weight is 728 g/mol. The number of furan rings is 1. The monoisotopic (exact) mass is 727 g/mol. The van der Waals surface area contributed by atoms with E-state index < -0.39 is 5.41 Å². The van der Waals surface area contributed by atoms with Crippen molar-refractivity contribution >= 4 is 39.0 Å². The van der Waals surface area contributed by atoms with Crippen LogP contribution in [-0.2, 0) is 5.41 Å². The summed E-state index contributed by atoms with van der Waals surface area (Å²) in [4.78, 5) is 2.42. The van der Waals surface area contributed by atoms with E-state index in [1.165, 1.54) is 44.5 Å². The molecule has 0 unspecified atom stereocenters. The third-order valence-corrected chi connectivity index (χ3v) is 11.8. The summed E-state index contributed by atoms with van der Waals surface area (Å²) in [6.45, 7) is 0. The first-order valence-corrected chi connectivity index (χ1v) is 19.6. The molecule has 2 nitrogen and oxygen atoms in total. The lowest BCUT2D eigenvalue weighted by Gasteiger charge is -2.35. The molecular weight excluding hydrogens is 691 g/mol. The highest BCUT2D eigenvalue weighted by Gasteiger charge is 2.46. The van der Waals surface area contributed by atoms with E-state index in [2.05, 4.69) is 229 Å². The van der Waals surface area contributed by atoms with Crippen molar-refractivity contribution in [2.24, 2.45) is 0 Å². The standard InChI is InChI=1S/C55H37NO/c1-4-17-38(18-5-1)39-31-33-43(34-32-39)56(51-36-35-45(40-19-6-2-7-20-40)54-53(51)48-27-12-15-30-52(48)57-54)44-24-16-23-42(37-44)55(41-21-8-3-9-22-41)49-28-13-10-25-46(49)47-26-11-14-29-50(47)55/h1-37H. The summed E-state index contributed by atoms with van der Waals surface area (Å²) in [7, 11) is 0. The molecule has 0 bridgehead atoms. The predicted octanol–water partition coefficient (Wildman–Crippen LogP) is 14.8. The maximum Gasteiger partial charge on any atom is 0.145 e. The van der Waals surface area contributed by atoms with Crippen molar-refractivity contribution in [1.29, 1.82) is 0 Å². The number of fused-ring (bicyclic) bond motifs is 6. The second-order valence-electron chi connectivity index (χ2n) is 14.8. The second kappa shape index (κ2) is 13.4. The van der Waals surface area contributed by atoms with Crippen LogP contribution in [0.25, 0.3) is 55.3 Å². The molecule has 10 aromatic rings. The number of anilines is 3. The predicted molar refractivity (Wildman–Crippen MR) is 237 cm³/mol. The van der Waals surface area contributed by atoms with Gasteiger partial charge in [0.1, 0.15) is 11.2 Å². The van der Waals surface area contributed by atoms with E-state index in [0.29, 0.717) is 0 Å². The third kappa shape index (κ3) is 5.18. The first-order chi connectivity index (χ1) is 28.3. The molecular formula is C55H37NO. The minimum atomic E-state index is -0.526. The van der Waals surface area contributed by atoms with Gasteiger partial charge in [-0.1, -0.05) is 182 Å². The molecule has 0 fully saturated rings. The van der Waals surface area contributed by atoms with Gasteiger partial charge in [0, 0.05) is 22.3 Å². The number of nitrogens with zero attached hydrogens (tertiary/aromatic N) is 1. The number of benzene rings is 9. The minimum Gasteiger partial charge on any atom is -0.455 e. The van der Waals surface area contributed by atoms with E-state index in [4.69, 9.17) is 4.42 Å². The number of hydrogen-bond donors (Lipinski definition) is 0. The van der Waals surface area contributed by atoms with E-state index in [1.807, 2.05) is 0 Å². The summed E-state index contributed by atoms with van der Waals surface area (Å²) < 4.78 is 6.81. The molecule has 1 aliphatic carbocycles. The van der Waals surface area contributed by atoms with E-state index in [0.717, 1.165) is 50.1 Å². The van der Waals surface area contributed by atoms with Crippen molar-refractivity contribution in [1.82, 2.24) is 0 Å². The second-order valence-corrected chi connectivity index (χ2v) is 14.8. The van der Waals surface area contributed by atoms with Gasteiger partial charge in [-0.2, -0.15) is 0 Å². The van der Waals surface area contributed by atoms with Gasteiger partial charge in [0.25, 0.3) is 0 Å². The van der Waals surface area contributed by atoms with Gasteiger partial charge in [-0.25, -0.2) is 0 Å². The van der Waals surface area contributed by atoms with E-state index in [1.54, 1.807) is 0 Å². The summed E-state index contributed by atoms with van der Waals surface area (Å²) in [5, 5.41) is 2.17. The van der Waals surface area contributed by atoms with E-state index >= 15 is 0 Å². The summed E-state index contributed by atoms with van der Waals surface area (Å²) >= 11 is 0.